The summed E-state index contributed by atoms with van der Waals surface area (Å²) in [6.45, 7) is 0.792. The van der Waals surface area contributed by atoms with E-state index in [-0.39, 0.29) is 5.37 Å². The molecule has 1 unspecified atom stereocenters. The number of rotatable bonds is 1. The van der Waals surface area contributed by atoms with Crippen LogP contribution < -0.4 is 10.5 Å². The molecular formula is C9H11NOS. The third-order valence-corrected chi connectivity index (χ3v) is 2.35. The first-order chi connectivity index (χ1) is 5.77. The van der Waals surface area contributed by atoms with Gasteiger partial charge >= 0.3 is 0 Å². The van der Waals surface area contributed by atoms with E-state index in [9.17, 15) is 0 Å². The second-order valence-electron chi connectivity index (χ2n) is 2.91. The minimum atomic E-state index is -0.184. The Labute approximate surface area is 77.1 Å². The van der Waals surface area contributed by atoms with Gasteiger partial charge in [-0.2, -0.15) is 12.6 Å². The second kappa shape index (κ2) is 2.99. The molecule has 0 spiro atoms. The molecule has 0 fully saturated rings. The quantitative estimate of drug-likeness (QED) is 0.509. The predicted molar refractivity (Wildman–Crippen MR) is 51.6 cm³/mol. The Morgan fingerprint density at radius 2 is 2.33 bits per heavy atom. The second-order valence-corrected chi connectivity index (χ2v) is 3.47. The number of benzene rings is 1. The average molecular weight is 181 g/mol. The van der Waals surface area contributed by atoms with Crippen LogP contribution >= 0.6 is 12.6 Å². The molecule has 0 aromatic heterocycles. The molecule has 0 aliphatic carbocycles. The summed E-state index contributed by atoms with van der Waals surface area (Å²) in [6.07, 6.45) is 0.990. The molecule has 12 heavy (non-hydrogen) atoms. The highest BCUT2D eigenvalue weighted by Gasteiger charge is 2.12. The first kappa shape index (κ1) is 7.95. The van der Waals surface area contributed by atoms with Crippen LogP contribution in [0.1, 0.15) is 16.5 Å². The van der Waals surface area contributed by atoms with Gasteiger partial charge in [-0.15, -0.1) is 0 Å². The van der Waals surface area contributed by atoms with E-state index >= 15 is 0 Å². The molecule has 1 aromatic rings. The van der Waals surface area contributed by atoms with Crippen molar-refractivity contribution in [1.29, 1.82) is 0 Å². The van der Waals surface area contributed by atoms with Crippen molar-refractivity contribution < 1.29 is 4.74 Å². The fourth-order valence-electron chi connectivity index (χ4n) is 1.39. The number of fused-ring (bicyclic) bond motifs is 1. The third kappa shape index (κ3) is 1.30. The lowest BCUT2D eigenvalue weighted by Gasteiger charge is -2.05. The van der Waals surface area contributed by atoms with Crippen LogP contribution in [0.15, 0.2) is 18.2 Å². The summed E-state index contributed by atoms with van der Waals surface area (Å²) in [5, 5.41) is -0.184. The first-order valence-electron chi connectivity index (χ1n) is 3.96. The Morgan fingerprint density at radius 1 is 1.50 bits per heavy atom. The van der Waals surface area contributed by atoms with Crippen molar-refractivity contribution in [2.75, 3.05) is 6.61 Å². The maximum Gasteiger partial charge on any atom is 0.122 e. The predicted octanol–water partition coefficient (Wildman–Crippen LogP) is 1.51. The molecule has 0 radical (unpaired) electrons. The average Bonchev–Trinajstić information content (AvgIpc) is 2.49. The van der Waals surface area contributed by atoms with Gasteiger partial charge in [0.15, 0.2) is 0 Å². The molecule has 64 valence electrons. The smallest absolute Gasteiger partial charge is 0.122 e. The van der Waals surface area contributed by atoms with E-state index < -0.39 is 0 Å². The molecule has 0 amide bonds. The van der Waals surface area contributed by atoms with Gasteiger partial charge in [-0.25, -0.2) is 0 Å². The third-order valence-electron chi connectivity index (χ3n) is 2.06. The Hall–Kier alpha value is -0.670. The summed E-state index contributed by atoms with van der Waals surface area (Å²) in [5.41, 5.74) is 7.94. The van der Waals surface area contributed by atoms with Gasteiger partial charge in [0.25, 0.3) is 0 Å². The zero-order valence-corrected chi connectivity index (χ0v) is 7.55. The molecule has 0 saturated carbocycles. The van der Waals surface area contributed by atoms with E-state index in [1.807, 2.05) is 12.1 Å². The van der Waals surface area contributed by atoms with E-state index in [0.717, 1.165) is 24.3 Å². The summed E-state index contributed by atoms with van der Waals surface area (Å²) >= 11 is 4.17. The van der Waals surface area contributed by atoms with Crippen LogP contribution in [0.25, 0.3) is 0 Å². The van der Waals surface area contributed by atoms with Crippen molar-refractivity contribution in [2.24, 2.45) is 5.73 Å². The molecule has 2 N–H and O–H groups in total. The molecular weight excluding hydrogens is 170 g/mol. The summed E-state index contributed by atoms with van der Waals surface area (Å²) in [7, 11) is 0. The lowest BCUT2D eigenvalue weighted by Crippen LogP contribution is -2.02. The zero-order chi connectivity index (χ0) is 8.55. The van der Waals surface area contributed by atoms with Crippen LogP contribution in [0.3, 0.4) is 0 Å². The maximum absolute atomic E-state index is 5.63. The highest BCUT2D eigenvalue weighted by molar-refractivity contribution is 7.80. The van der Waals surface area contributed by atoms with Crippen LogP contribution in [-0.4, -0.2) is 6.61 Å². The van der Waals surface area contributed by atoms with Gasteiger partial charge in [0, 0.05) is 6.42 Å². The fourth-order valence-corrected chi connectivity index (χ4v) is 1.55. The van der Waals surface area contributed by atoms with Crippen molar-refractivity contribution in [3.8, 4) is 5.75 Å². The molecule has 1 aromatic carbocycles. The zero-order valence-electron chi connectivity index (χ0n) is 6.66. The van der Waals surface area contributed by atoms with Crippen LogP contribution in [0.4, 0.5) is 0 Å². The number of ether oxygens (including phenoxy) is 1. The Bertz CT molecular complexity index is 299. The van der Waals surface area contributed by atoms with E-state index in [1.54, 1.807) is 0 Å². The van der Waals surface area contributed by atoms with Crippen LogP contribution in [-0.2, 0) is 6.42 Å². The molecule has 0 bridgehead atoms. The van der Waals surface area contributed by atoms with Crippen molar-refractivity contribution >= 4 is 12.6 Å². The van der Waals surface area contributed by atoms with Gasteiger partial charge in [0.1, 0.15) is 5.75 Å². The summed E-state index contributed by atoms with van der Waals surface area (Å²) in [4.78, 5) is 0. The van der Waals surface area contributed by atoms with Gasteiger partial charge in [-0.3, -0.25) is 0 Å². The number of hydrogen-bond acceptors (Lipinski definition) is 3. The van der Waals surface area contributed by atoms with Crippen molar-refractivity contribution in [2.45, 2.75) is 11.8 Å². The number of hydrogen-bond donors (Lipinski definition) is 2. The standard InChI is InChI=1S/C9H11NOS/c10-9(12)7-1-2-8-6(5-7)3-4-11-8/h1-2,5,9,12H,3-4,10H2. The summed E-state index contributed by atoms with van der Waals surface area (Å²) in [6, 6.07) is 6.00. The van der Waals surface area contributed by atoms with Crippen molar-refractivity contribution in [1.82, 2.24) is 0 Å². The highest BCUT2D eigenvalue weighted by atomic mass is 32.1. The van der Waals surface area contributed by atoms with Crippen molar-refractivity contribution in [3.05, 3.63) is 29.3 Å². The van der Waals surface area contributed by atoms with Gasteiger partial charge in [0.2, 0.25) is 0 Å². The SMILES string of the molecule is NC(S)c1ccc2c(c1)CCO2. The van der Waals surface area contributed by atoms with Crippen LogP contribution in [0.5, 0.6) is 5.75 Å². The molecule has 3 heteroatoms. The molecule has 1 aliphatic rings. The monoisotopic (exact) mass is 181 g/mol. The fraction of sp³-hybridized carbons (Fsp3) is 0.333. The Balaban J connectivity index is 2.39. The minimum absolute atomic E-state index is 0.184. The maximum atomic E-state index is 5.63. The summed E-state index contributed by atoms with van der Waals surface area (Å²) in [5.74, 6) is 0.993. The van der Waals surface area contributed by atoms with E-state index in [4.69, 9.17) is 10.5 Å². The van der Waals surface area contributed by atoms with Crippen LogP contribution in [0.2, 0.25) is 0 Å². The normalized spacial score (nSPS) is 16.8. The summed E-state index contributed by atoms with van der Waals surface area (Å²) < 4.78 is 5.37. The van der Waals surface area contributed by atoms with Crippen LogP contribution in [0, 0.1) is 0 Å². The van der Waals surface area contributed by atoms with E-state index in [2.05, 4.69) is 18.7 Å². The molecule has 0 saturated heterocycles. The topological polar surface area (TPSA) is 35.2 Å². The molecule has 2 rings (SSSR count). The van der Waals surface area contributed by atoms with E-state index in [0.29, 0.717) is 0 Å². The van der Waals surface area contributed by atoms with E-state index in [1.165, 1.54) is 5.56 Å². The van der Waals surface area contributed by atoms with Crippen molar-refractivity contribution in [3.63, 3.8) is 0 Å². The molecule has 1 heterocycles. The molecule has 2 nitrogen and oxygen atoms in total. The van der Waals surface area contributed by atoms with Gasteiger partial charge in [-0.1, -0.05) is 6.07 Å². The minimum Gasteiger partial charge on any atom is -0.493 e. The lowest BCUT2D eigenvalue weighted by atomic mass is 10.1. The van der Waals surface area contributed by atoms with Gasteiger partial charge in [-0.05, 0) is 23.3 Å². The molecule has 1 aliphatic heterocycles. The number of nitrogens with two attached hydrogens (primary N) is 1. The largest absolute Gasteiger partial charge is 0.493 e. The first-order valence-corrected chi connectivity index (χ1v) is 4.48. The Morgan fingerprint density at radius 3 is 3.08 bits per heavy atom. The lowest BCUT2D eigenvalue weighted by molar-refractivity contribution is 0.357. The highest BCUT2D eigenvalue weighted by Crippen LogP contribution is 2.28. The molecule has 1 atom stereocenters. The van der Waals surface area contributed by atoms with Gasteiger partial charge in [0.05, 0.1) is 12.0 Å². The van der Waals surface area contributed by atoms with Gasteiger partial charge < -0.3 is 10.5 Å². The Kier molecular flexibility index (Phi) is 1.98. The number of thiol groups is 1.